The first-order valence-electron chi connectivity index (χ1n) is 10.3. The summed E-state index contributed by atoms with van der Waals surface area (Å²) in [6, 6.07) is 7.73. The van der Waals surface area contributed by atoms with Crippen LogP contribution in [0.5, 0.6) is 0 Å². The first-order valence-corrected chi connectivity index (χ1v) is 10.3. The van der Waals surface area contributed by atoms with Gasteiger partial charge in [0.25, 0.3) is 0 Å². The number of nitrogens with zero attached hydrogens (tertiary/aromatic N) is 3. The Kier molecular flexibility index (Phi) is 6.04. The van der Waals surface area contributed by atoms with E-state index in [1.807, 2.05) is 44.2 Å². The summed E-state index contributed by atoms with van der Waals surface area (Å²) in [7, 11) is 0. The molecule has 0 bridgehead atoms. The molecule has 3 aromatic rings. The highest BCUT2D eigenvalue weighted by Gasteiger charge is 2.20. The van der Waals surface area contributed by atoms with Crippen molar-refractivity contribution in [3.63, 3.8) is 0 Å². The highest BCUT2D eigenvalue weighted by Crippen LogP contribution is 2.27. The number of H-pyrrole nitrogens is 1. The molecule has 31 heavy (non-hydrogen) atoms. The monoisotopic (exact) mass is 415 g/mol. The van der Waals surface area contributed by atoms with Crippen molar-refractivity contribution < 1.29 is 9.53 Å². The lowest BCUT2D eigenvalue weighted by atomic mass is 10.0. The number of nitrogens with one attached hydrogen (secondary N) is 2. The molecule has 1 aliphatic heterocycles. The van der Waals surface area contributed by atoms with Crippen molar-refractivity contribution in [3.8, 4) is 11.1 Å². The van der Waals surface area contributed by atoms with Crippen LogP contribution in [0.2, 0.25) is 0 Å². The minimum atomic E-state index is -0.347. The molecule has 1 atom stereocenters. The Morgan fingerprint density at radius 1 is 1.32 bits per heavy atom. The summed E-state index contributed by atoms with van der Waals surface area (Å²) in [4.78, 5) is 21.6. The molecule has 1 saturated heterocycles. The van der Waals surface area contributed by atoms with Gasteiger partial charge in [0.1, 0.15) is 6.10 Å². The number of esters is 1. The minimum Gasteiger partial charge on any atom is -0.457 e. The van der Waals surface area contributed by atoms with Crippen LogP contribution < -0.4 is 5.32 Å². The fourth-order valence-electron chi connectivity index (χ4n) is 3.52. The standard InChI is InChI=1S/C24H25N5O2/c1-4-15(3)28-21(5-2)23-20(14-27-29-23)16-6-7-22-17(10-16)11-18(12-26-22)24(30)31-19-8-9-25-13-19/h4-7,10-12,14,19,25H,2,8-9,13H2,1,3H3,(H,27,29)/b15-4-,28-21?/t19-/m1/s1. The van der Waals surface area contributed by atoms with Gasteiger partial charge in [0.15, 0.2) is 0 Å². The van der Waals surface area contributed by atoms with Crippen molar-refractivity contribution in [2.75, 3.05) is 13.1 Å². The van der Waals surface area contributed by atoms with Gasteiger partial charge in [0, 0.05) is 29.4 Å². The quantitative estimate of drug-likeness (QED) is 0.468. The van der Waals surface area contributed by atoms with Gasteiger partial charge in [-0.1, -0.05) is 18.7 Å². The minimum absolute atomic E-state index is 0.0831. The van der Waals surface area contributed by atoms with Crippen LogP contribution in [0.4, 0.5) is 0 Å². The Morgan fingerprint density at radius 2 is 2.19 bits per heavy atom. The van der Waals surface area contributed by atoms with Crippen molar-refractivity contribution in [1.29, 1.82) is 0 Å². The van der Waals surface area contributed by atoms with Crippen LogP contribution in [-0.2, 0) is 4.74 Å². The summed E-state index contributed by atoms with van der Waals surface area (Å²) in [6.07, 6.45) is 7.72. The Balaban J connectivity index is 1.68. The Morgan fingerprint density at radius 3 is 2.94 bits per heavy atom. The lowest BCUT2D eigenvalue weighted by molar-refractivity contribution is 0.0344. The largest absolute Gasteiger partial charge is 0.457 e. The van der Waals surface area contributed by atoms with E-state index in [2.05, 4.69) is 32.1 Å². The van der Waals surface area contributed by atoms with E-state index in [4.69, 9.17) is 4.74 Å². The number of hydrogen-bond donors (Lipinski definition) is 2. The summed E-state index contributed by atoms with van der Waals surface area (Å²) >= 11 is 0. The highest BCUT2D eigenvalue weighted by atomic mass is 16.5. The Hall–Kier alpha value is -3.58. The molecule has 0 aliphatic carbocycles. The number of carbonyl (C=O) groups excluding carboxylic acids is 1. The van der Waals surface area contributed by atoms with Crippen LogP contribution in [-0.4, -0.2) is 46.1 Å². The molecule has 1 aliphatic rings. The van der Waals surface area contributed by atoms with Crippen molar-refractivity contribution in [1.82, 2.24) is 20.5 Å². The number of hydrogen-bond acceptors (Lipinski definition) is 6. The van der Waals surface area contributed by atoms with E-state index < -0.39 is 0 Å². The van der Waals surface area contributed by atoms with E-state index in [9.17, 15) is 4.79 Å². The van der Waals surface area contributed by atoms with Crippen LogP contribution >= 0.6 is 0 Å². The first-order chi connectivity index (χ1) is 15.1. The average Bonchev–Trinajstić information content (AvgIpc) is 3.48. The number of aromatic amines is 1. The molecule has 4 rings (SSSR count). The smallest absolute Gasteiger partial charge is 0.340 e. The summed E-state index contributed by atoms with van der Waals surface area (Å²) in [5.74, 6) is -0.347. The van der Waals surface area contributed by atoms with Gasteiger partial charge in [-0.15, -0.1) is 0 Å². The van der Waals surface area contributed by atoms with Crippen LogP contribution in [0, 0.1) is 0 Å². The second-order valence-corrected chi connectivity index (χ2v) is 7.44. The van der Waals surface area contributed by atoms with E-state index in [1.165, 1.54) is 0 Å². The van der Waals surface area contributed by atoms with E-state index in [0.717, 1.165) is 46.4 Å². The molecule has 0 unspecified atom stereocenters. The maximum Gasteiger partial charge on any atom is 0.340 e. The summed E-state index contributed by atoms with van der Waals surface area (Å²) < 4.78 is 5.57. The molecule has 0 saturated carbocycles. The number of allylic oxidation sites excluding steroid dienone is 3. The van der Waals surface area contributed by atoms with Crippen LogP contribution in [0.25, 0.3) is 22.0 Å². The molecule has 3 heterocycles. The highest BCUT2D eigenvalue weighted by molar-refractivity contribution is 6.11. The molecule has 0 spiro atoms. The average molecular weight is 415 g/mol. The van der Waals surface area contributed by atoms with Crippen molar-refractivity contribution in [2.24, 2.45) is 4.99 Å². The summed E-state index contributed by atoms with van der Waals surface area (Å²) in [6.45, 7) is 9.33. The molecule has 1 aromatic carbocycles. The fraction of sp³-hybridized carbons (Fsp3) is 0.250. The maximum absolute atomic E-state index is 12.5. The molecule has 7 heteroatoms. The second-order valence-electron chi connectivity index (χ2n) is 7.44. The normalized spacial score (nSPS) is 17.2. The van der Waals surface area contributed by atoms with Gasteiger partial charge in [0.2, 0.25) is 0 Å². The van der Waals surface area contributed by atoms with Crippen molar-refractivity contribution in [2.45, 2.75) is 26.4 Å². The number of fused-ring (bicyclic) bond motifs is 1. The lowest BCUT2D eigenvalue weighted by Gasteiger charge is -2.11. The molecule has 2 aromatic heterocycles. The third-order valence-corrected chi connectivity index (χ3v) is 5.32. The number of aromatic nitrogens is 3. The zero-order valence-electron chi connectivity index (χ0n) is 17.7. The maximum atomic E-state index is 12.5. The number of benzene rings is 1. The molecule has 0 radical (unpaired) electrons. The number of pyridine rings is 1. The van der Waals surface area contributed by atoms with Gasteiger partial charge in [-0.25, -0.2) is 4.79 Å². The van der Waals surface area contributed by atoms with Gasteiger partial charge in [-0.05, 0) is 56.7 Å². The number of aliphatic imine (C=N–C) groups is 1. The number of carbonyl (C=O) groups is 1. The summed E-state index contributed by atoms with van der Waals surface area (Å²) in [5.41, 5.74) is 5.47. The van der Waals surface area contributed by atoms with Gasteiger partial charge in [-0.2, -0.15) is 5.10 Å². The van der Waals surface area contributed by atoms with E-state index >= 15 is 0 Å². The number of rotatable bonds is 6. The van der Waals surface area contributed by atoms with E-state index in [0.29, 0.717) is 17.8 Å². The molecular formula is C24H25N5O2. The zero-order chi connectivity index (χ0) is 21.8. The second kappa shape index (κ2) is 9.06. The van der Waals surface area contributed by atoms with E-state index in [-0.39, 0.29) is 12.1 Å². The Bertz CT molecular complexity index is 1190. The van der Waals surface area contributed by atoms with Crippen molar-refractivity contribution >= 4 is 22.6 Å². The van der Waals surface area contributed by atoms with Gasteiger partial charge < -0.3 is 10.1 Å². The Labute approximate surface area is 181 Å². The molecule has 0 amide bonds. The molecule has 7 nitrogen and oxygen atoms in total. The molecular weight excluding hydrogens is 390 g/mol. The first kappa shape index (κ1) is 20.7. The van der Waals surface area contributed by atoms with Crippen LogP contribution in [0.1, 0.15) is 36.3 Å². The van der Waals surface area contributed by atoms with Gasteiger partial charge >= 0.3 is 5.97 Å². The summed E-state index contributed by atoms with van der Waals surface area (Å²) in [5, 5.41) is 11.3. The van der Waals surface area contributed by atoms with Crippen molar-refractivity contribution in [3.05, 3.63) is 72.3 Å². The van der Waals surface area contributed by atoms with Crippen LogP contribution in [0.15, 0.2) is 66.1 Å². The predicted octanol–water partition coefficient (Wildman–Crippen LogP) is 4.04. The number of ether oxygens (including phenoxy) is 1. The topological polar surface area (TPSA) is 92.3 Å². The zero-order valence-corrected chi connectivity index (χ0v) is 17.7. The van der Waals surface area contributed by atoms with Gasteiger partial charge in [-0.3, -0.25) is 15.1 Å². The SMILES string of the molecule is C=CC(=N/C(C)=C\C)c1[nH]ncc1-c1ccc2ncc(C(=O)O[C@@H]3CCNC3)cc2c1. The lowest BCUT2D eigenvalue weighted by Crippen LogP contribution is -2.20. The molecule has 158 valence electrons. The fourth-order valence-corrected chi connectivity index (χ4v) is 3.52. The third-order valence-electron chi connectivity index (χ3n) is 5.32. The van der Waals surface area contributed by atoms with Gasteiger partial charge in [0.05, 0.1) is 28.7 Å². The van der Waals surface area contributed by atoms with Crippen LogP contribution in [0.3, 0.4) is 0 Å². The third kappa shape index (κ3) is 4.46. The molecule has 2 N–H and O–H groups in total. The molecule has 1 fully saturated rings. The van der Waals surface area contributed by atoms with E-state index in [1.54, 1.807) is 18.5 Å². The predicted molar refractivity (Wildman–Crippen MR) is 122 cm³/mol.